The Kier molecular flexibility index (Phi) is 5.04. The first-order valence-corrected chi connectivity index (χ1v) is 8.91. The molecule has 0 unspecified atom stereocenters. The number of hydrogen-bond donors (Lipinski definition) is 4. The molecule has 4 N–H and O–H groups in total. The lowest BCUT2D eigenvalue weighted by molar-refractivity contribution is 0.408. The van der Waals surface area contributed by atoms with E-state index in [2.05, 4.69) is 25.6 Å². The first-order chi connectivity index (χ1) is 14.6. The van der Waals surface area contributed by atoms with E-state index in [-0.39, 0.29) is 35.2 Å². The zero-order valence-corrected chi connectivity index (χ0v) is 15.8. The summed E-state index contributed by atoms with van der Waals surface area (Å²) >= 11 is 0. The molecule has 4 aromatic rings. The van der Waals surface area contributed by atoms with Crippen molar-refractivity contribution in [2.45, 2.75) is 6.54 Å². The van der Waals surface area contributed by atoms with Crippen molar-refractivity contribution in [3.05, 3.63) is 64.6 Å². The van der Waals surface area contributed by atoms with Crippen LogP contribution in [0, 0.1) is 0 Å². The van der Waals surface area contributed by atoms with Gasteiger partial charge in [-0.15, -0.1) is 0 Å². The van der Waals surface area contributed by atoms with Crippen LogP contribution in [0.25, 0.3) is 11.2 Å². The summed E-state index contributed by atoms with van der Waals surface area (Å²) in [6.45, 7) is 0.181. The summed E-state index contributed by atoms with van der Waals surface area (Å²) in [5.41, 5.74) is 1.22. The summed E-state index contributed by atoms with van der Waals surface area (Å²) in [5, 5.41) is 15.2. The Hall–Kier alpha value is -4.34. The molecule has 4 rings (SSSR count). The van der Waals surface area contributed by atoms with E-state index < -0.39 is 5.69 Å². The Labute approximate surface area is 170 Å². The fraction of sp³-hybridized carbons (Fsp3) is 0.100. The number of nitrogens with one attached hydrogen (secondary N) is 3. The molecular weight excluding hydrogens is 388 g/mol. The van der Waals surface area contributed by atoms with Crippen LogP contribution in [-0.4, -0.2) is 38.1 Å². The lowest BCUT2D eigenvalue weighted by Crippen LogP contribution is -2.18. The molecule has 0 atom stereocenters. The number of phenols is 1. The molecule has 0 bridgehead atoms. The van der Waals surface area contributed by atoms with Gasteiger partial charge in [-0.05, 0) is 18.2 Å². The maximum atomic E-state index is 12.6. The summed E-state index contributed by atoms with van der Waals surface area (Å²) in [5.74, 6) is 0.774. The maximum absolute atomic E-state index is 12.6. The molecule has 1 amide bonds. The second-order valence-corrected chi connectivity index (χ2v) is 6.29. The average molecular weight is 405 g/mol. The lowest BCUT2D eigenvalue weighted by Gasteiger charge is -2.11. The summed E-state index contributed by atoms with van der Waals surface area (Å²) in [4.78, 5) is 34.9. The first kappa shape index (κ1) is 19.0. The number of imidazole rings is 1. The second kappa shape index (κ2) is 7.95. The molecule has 0 aliphatic heterocycles. The van der Waals surface area contributed by atoms with Crippen LogP contribution in [0.4, 0.5) is 17.5 Å². The SMILES string of the molecule is COc1ccccc1Cn1c(=O)[nH]c2c(N[C]=O)nc(Nc3ccccc3O)nc21. The van der Waals surface area contributed by atoms with Crippen molar-refractivity contribution >= 4 is 35.0 Å². The van der Waals surface area contributed by atoms with E-state index in [1.54, 1.807) is 37.8 Å². The number of phenolic OH excluding ortho intramolecular Hbond substituents is 1. The van der Waals surface area contributed by atoms with E-state index >= 15 is 0 Å². The number of aromatic nitrogens is 4. The topological polar surface area (TPSA) is 134 Å². The van der Waals surface area contributed by atoms with Crippen molar-refractivity contribution in [3.63, 3.8) is 0 Å². The number of rotatable bonds is 7. The molecular formula is C20H17N6O4. The van der Waals surface area contributed by atoms with Crippen LogP contribution in [0.5, 0.6) is 11.5 Å². The standard InChI is InChI=1S/C20H17N6O4/c1-30-15-9-5-2-6-12(15)10-26-18-16(23-20(26)29)17(21-11-27)24-19(25-18)22-13-7-3-4-8-14(13)28/h2-9,28H,10H2,1H3,(H,23,29)(H2,21,22,24,25,27). The first-order valence-electron chi connectivity index (χ1n) is 8.91. The molecule has 151 valence electrons. The number of H-pyrrole nitrogens is 1. The molecule has 1 radical (unpaired) electrons. The van der Waals surface area contributed by atoms with E-state index in [0.717, 1.165) is 5.56 Å². The van der Waals surface area contributed by atoms with Crippen LogP contribution >= 0.6 is 0 Å². The summed E-state index contributed by atoms with van der Waals surface area (Å²) in [7, 11) is 1.55. The van der Waals surface area contributed by atoms with E-state index in [1.807, 2.05) is 18.2 Å². The van der Waals surface area contributed by atoms with Crippen LogP contribution < -0.4 is 21.1 Å². The number of ether oxygens (including phenoxy) is 1. The van der Waals surface area contributed by atoms with Crippen molar-refractivity contribution in [2.24, 2.45) is 0 Å². The highest BCUT2D eigenvalue weighted by Gasteiger charge is 2.17. The fourth-order valence-electron chi connectivity index (χ4n) is 3.08. The molecule has 0 aliphatic carbocycles. The summed E-state index contributed by atoms with van der Waals surface area (Å²) < 4.78 is 6.77. The second-order valence-electron chi connectivity index (χ2n) is 6.29. The molecule has 10 heteroatoms. The number of amides is 1. The summed E-state index contributed by atoms with van der Waals surface area (Å²) in [6.07, 6.45) is 1.56. The van der Waals surface area contributed by atoms with E-state index in [1.165, 1.54) is 10.6 Å². The van der Waals surface area contributed by atoms with Crippen molar-refractivity contribution in [1.82, 2.24) is 19.5 Å². The largest absolute Gasteiger partial charge is 0.506 e. The molecule has 0 aliphatic rings. The van der Waals surface area contributed by atoms with Gasteiger partial charge in [0, 0.05) is 5.56 Å². The molecule has 2 aromatic heterocycles. The van der Waals surface area contributed by atoms with Gasteiger partial charge in [-0.1, -0.05) is 30.3 Å². The van der Waals surface area contributed by atoms with Gasteiger partial charge in [0.15, 0.2) is 11.5 Å². The third kappa shape index (κ3) is 3.53. The van der Waals surface area contributed by atoms with Gasteiger partial charge in [0.25, 0.3) is 0 Å². The number of methoxy groups -OCH3 is 1. The minimum Gasteiger partial charge on any atom is -0.506 e. The number of aromatic hydroxyl groups is 1. The predicted molar refractivity (Wildman–Crippen MR) is 111 cm³/mol. The number of carbonyl (C=O) groups excluding carboxylic acids is 1. The zero-order chi connectivity index (χ0) is 21.1. The minimum absolute atomic E-state index is 0.00173. The van der Waals surface area contributed by atoms with E-state index in [0.29, 0.717) is 11.4 Å². The number of fused-ring (bicyclic) bond motifs is 1. The number of para-hydroxylation sites is 3. The Morgan fingerprint density at radius 2 is 1.93 bits per heavy atom. The van der Waals surface area contributed by atoms with E-state index in [9.17, 15) is 14.7 Å². The van der Waals surface area contributed by atoms with Crippen molar-refractivity contribution in [3.8, 4) is 11.5 Å². The quantitative estimate of drug-likeness (QED) is 0.273. The Bertz CT molecular complexity index is 1280. The van der Waals surface area contributed by atoms with Gasteiger partial charge in [-0.2, -0.15) is 9.97 Å². The van der Waals surface area contributed by atoms with Gasteiger partial charge < -0.3 is 25.5 Å². The smallest absolute Gasteiger partial charge is 0.328 e. The minimum atomic E-state index is -0.432. The highest BCUT2D eigenvalue weighted by molar-refractivity contribution is 5.90. The fourth-order valence-corrected chi connectivity index (χ4v) is 3.08. The highest BCUT2D eigenvalue weighted by atomic mass is 16.5. The summed E-state index contributed by atoms with van der Waals surface area (Å²) in [6, 6.07) is 13.9. The Morgan fingerprint density at radius 3 is 2.70 bits per heavy atom. The van der Waals surface area contributed by atoms with Crippen LogP contribution in [-0.2, 0) is 11.3 Å². The molecule has 10 nitrogen and oxygen atoms in total. The molecule has 30 heavy (non-hydrogen) atoms. The Morgan fingerprint density at radius 1 is 1.17 bits per heavy atom. The van der Waals surface area contributed by atoms with E-state index in [4.69, 9.17) is 4.74 Å². The van der Waals surface area contributed by atoms with Crippen LogP contribution in [0.2, 0.25) is 0 Å². The third-order valence-electron chi connectivity index (χ3n) is 4.46. The van der Waals surface area contributed by atoms with Gasteiger partial charge in [0.05, 0.1) is 19.3 Å². The lowest BCUT2D eigenvalue weighted by atomic mass is 10.2. The number of aromatic amines is 1. The molecule has 0 fully saturated rings. The van der Waals surface area contributed by atoms with Crippen molar-refractivity contribution in [1.29, 1.82) is 0 Å². The maximum Gasteiger partial charge on any atom is 0.328 e. The Balaban J connectivity index is 1.84. The number of nitrogens with zero attached hydrogens (tertiary/aromatic N) is 3. The van der Waals surface area contributed by atoms with Gasteiger partial charge in [0.2, 0.25) is 5.95 Å². The van der Waals surface area contributed by atoms with Gasteiger partial charge >= 0.3 is 12.1 Å². The van der Waals surface area contributed by atoms with Crippen LogP contribution in [0.1, 0.15) is 5.56 Å². The van der Waals surface area contributed by atoms with Gasteiger partial charge in [-0.25, -0.2) is 4.79 Å². The van der Waals surface area contributed by atoms with Crippen LogP contribution in [0.3, 0.4) is 0 Å². The monoisotopic (exact) mass is 405 g/mol. The molecule has 0 spiro atoms. The third-order valence-corrected chi connectivity index (χ3v) is 4.46. The number of hydrogen-bond acceptors (Lipinski definition) is 7. The average Bonchev–Trinajstić information content (AvgIpc) is 3.06. The normalized spacial score (nSPS) is 10.7. The predicted octanol–water partition coefficient (Wildman–Crippen LogP) is 2.10. The van der Waals surface area contributed by atoms with Crippen molar-refractivity contribution in [2.75, 3.05) is 17.7 Å². The van der Waals surface area contributed by atoms with Crippen molar-refractivity contribution < 1.29 is 14.6 Å². The van der Waals surface area contributed by atoms with Gasteiger partial charge in [-0.3, -0.25) is 9.36 Å². The zero-order valence-electron chi connectivity index (χ0n) is 15.8. The number of anilines is 3. The molecule has 2 aromatic carbocycles. The molecule has 0 saturated heterocycles. The molecule has 2 heterocycles. The highest BCUT2D eigenvalue weighted by Crippen LogP contribution is 2.27. The van der Waals surface area contributed by atoms with Gasteiger partial charge in [0.1, 0.15) is 17.0 Å². The van der Waals surface area contributed by atoms with Crippen LogP contribution in [0.15, 0.2) is 53.3 Å². The number of benzene rings is 2. The molecule has 0 saturated carbocycles.